The van der Waals surface area contributed by atoms with Gasteiger partial charge in [-0.1, -0.05) is 12.1 Å². The number of hydrogen-bond donors (Lipinski definition) is 1. The minimum absolute atomic E-state index is 0. The number of benzene rings is 1. The Bertz CT molecular complexity index is 842. The van der Waals surface area contributed by atoms with Crippen LogP contribution in [0.5, 0.6) is 0 Å². The van der Waals surface area contributed by atoms with Gasteiger partial charge in [0.1, 0.15) is 0 Å². The van der Waals surface area contributed by atoms with Crippen molar-refractivity contribution in [2.24, 2.45) is 4.99 Å². The summed E-state index contributed by atoms with van der Waals surface area (Å²) in [7, 11) is -3.35. The highest BCUT2D eigenvalue weighted by Crippen LogP contribution is 2.14. The maximum absolute atomic E-state index is 12.5. The fourth-order valence-electron chi connectivity index (χ4n) is 3.06. The number of non-ortho nitro benzene ring substituents is 1. The fourth-order valence-corrected chi connectivity index (χ4v) is 4.34. The van der Waals surface area contributed by atoms with Crippen molar-refractivity contribution in [3.8, 4) is 0 Å². The summed E-state index contributed by atoms with van der Waals surface area (Å²) in [6.45, 7) is 8.66. The molecule has 176 valence electrons. The van der Waals surface area contributed by atoms with Crippen molar-refractivity contribution in [2.45, 2.75) is 33.4 Å². The van der Waals surface area contributed by atoms with E-state index in [1.54, 1.807) is 12.1 Å². The number of halogens is 1. The minimum Gasteiger partial charge on any atom is -0.378 e. The lowest BCUT2D eigenvalue weighted by molar-refractivity contribution is -0.384. The van der Waals surface area contributed by atoms with Crippen LogP contribution in [0.4, 0.5) is 5.69 Å². The van der Waals surface area contributed by atoms with Crippen molar-refractivity contribution in [1.29, 1.82) is 0 Å². The third kappa shape index (κ3) is 8.86. The van der Waals surface area contributed by atoms with Crippen LogP contribution in [-0.2, 0) is 21.3 Å². The van der Waals surface area contributed by atoms with E-state index in [0.717, 1.165) is 5.56 Å². The summed E-state index contributed by atoms with van der Waals surface area (Å²) in [4.78, 5) is 17.1. The number of sulfonamides is 1. The van der Waals surface area contributed by atoms with Crippen LogP contribution in [0, 0.1) is 10.1 Å². The van der Waals surface area contributed by atoms with Crippen LogP contribution in [0.2, 0.25) is 0 Å². The van der Waals surface area contributed by atoms with E-state index in [-0.39, 0.29) is 48.1 Å². The topological polar surface area (TPSA) is 117 Å². The minimum atomic E-state index is -3.35. The average Bonchev–Trinajstić information content (AvgIpc) is 2.71. The molecule has 0 radical (unpaired) electrons. The predicted molar refractivity (Wildman–Crippen MR) is 131 cm³/mol. The van der Waals surface area contributed by atoms with Gasteiger partial charge >= 0.3 is 0 Å². The zero-order valence-corrected chi connectivity index (χ0v) is 21.3. The van der Waals surface area contributed by atoms with Crippen LogP contribution in [0.25, 0.3) is 0 Å². The standard InChI is InChI=1S/C19H31N5O5S.HI/c1-4-20-19(21-15-17-6-5-7-18(14-17)24(25)26)22-8-10-23(11-9-22)30(27,28)13-12-29-16(2)3;/h5-7,14,16H,4,8-13,15H2,1-3H3,(H,20,21);1H. The third-order valence-electron chi connectivity index (χ3n) is 4.59. The lowest BCUT2D eigenvalue weighted by atomic mass is 10.2. The van der Waals surface area contributed by atoms with Crippen molar-refractivity contribution in [1.82, 2.24) is 14.5 Å². The molecule has 12 heteroatoms. The van der Waals surface area contributed by atoms with Gasteiger partial charge in [0.15, 0.2) is 5.96 Å². The molecule has 2 rings (SSSR count). The van der Waals surface area contributed by atoms with E-state index < -0.39 is 14.9 Å². The third-order valence-corrected chi connectivity index (χ3v) is 6.43. The van der Waals surface area contributed by atoms with Gasteiger partial charge in [-0.3, -0.25) is 10.1 Å². The Labute approximate surface area is 201 Å². The van der Waals surface area contributed by atoms with Crippen LogP contribution in [0.1, 0.15) is 26.3 Å². The number of aliphatic imine (C=N–C) groups is 1. The second kappa shape index (κ2) is 13.1. The van der Waals surface area contributed by atoms with Gasteiger partial charge in [-0.2, -0.15) is 4.31 Å². The van der Waals surface area contributed by atoms with E-state index in [9.17, 15) is 18.5 Å². The Morgan fingerprint density at radius 2 is 1.97 bits per heavy atom. The summed E-state index contributed by atoms with van der Waals surface area (Å²) in [5.74, 6) is 0.649. The number of nitro benzene ring substituents is 1. The first kappa shape index (κ1) is 27.5. The normalized spacial score (nSPS) is 15.6. The Balaban J connectivity index is 0.00000480. The van der Waals surface area contributed by atoms with E-state index in [1.807, 2.05) is 25.7 Å². The summed E-state index contributed by atoms with van der Waals surface area (Å²) in [6, 6.07) is 6.40. The number of piperazine rings is 1. The average molecular weight is 569 g/mol. The number of rotatable bonds is 9. The van der Waals surface area contributed by atoms with Crippen LogP contribution in [-0.4, -0.2) is 79.7 Å². The van der Waals surface area contributed by atoms with Gasteiger partial charge < -0.3 is 15.0 Å². The molecule has 0 aromatic heterocycles. The summed E-state index contributed by atoms with van der Waals surface area (Å²) in [6.07, 6.45) is 0.00184. The zero-order valence-electron chi connectivity index (χ0n) is 18.2. The van der Waals surface area contributed by atoms with Crippen LogP contribution >= 0.6 is 24.0 Å². The number of nitrogens with one attached hydrogen (secondary N) is 1. The molecule has 1 saturated heterocycles. The monoisotopic (exact) mass is 569 g/mol. The largest absolute Gasteiger partial charge is 0.378 e. The molecule has 31 heavy (non-hydrogen) atoms. The first-order chi connectivity index (χ1) is 14.2. The van der Waals surface area contributed by atoms with Gasteiger partial charge in [0.2, 0.25) is 10.0 Å². The second-order valence-corrected chi connectivity index (χ2v) is 9.31. The van der Waals surface area contributed by atoms with Crippen molar-refractivity contribution in [3.63, 3.8) is 0 Å². The highest BCUT2D eigenvalue weighted by atomic mass is 127. The molecule has 0 amide bonds. The number of nitro groups is 1. The fraction of sp³-hybridized carbons (Fsp3) is 0.632. The molecule has 0 bridgehead atoms. The van der Waals surface area contributed by atoms with Gasteiger partial charge in [0, 0.05) is 44.9 Å². The smallest absolute Gasteiger partial charge is 0.269 e. The van der Waals surface area contributed by atoms with E-state index in [0.29, 0.717) is 45.2 Å². The molecule has 1 aromatic rings. The molecule has 1 aliphatic rings. The van der Waals surface area contributed by atoms with Crippen molar-refractivity contribution in [3.05, 3.63) is 39.9 Å². The predicted octanol–water partition coefficient (Wildman–Crippen LogP) is 2.05. The van der Waals surface area contributed by atoms with Crippen LogP contribution in [0.15, 0.2) is 29.3 Å². The summed E-state index contributed by atoms with van der Waals surface area (Å²) >= 11 is 0. The van der Waals surface area contributed by atoms with Crippen LogP contribution < -0.4 is 5.32 Å². The van der Waals surface area contributed by atoms with Gasteiger partial charge in [0.05, 0.1) is 29.9 Å². The molecule has 0 spiro atoms. The Morgan fingerprint density at radius 1 is 1.29 bits per heavy atom. The second-order valence-electron chi connectivity index (χ2n) is 7.22. The maximum Gasteiger partial charge on any atom is 0.269 e. The summed E-state index contributed by atoms with van der Waals surface area (Å²) < 4.78 is 31.9. The van der Waals surface area contributed by atoms with Crippen LogP contribution in [0.3, 0.4) is 0 Å². The number of ether oxygens (including phenoxy) is 1. The van der Waals surface area contributed by atoms with Gasteiger partial charge in [-0.25, -0.2) is 13.4 Å². The molecule has 10 nitrogen and oxygen atoms in total. The number of guanidine groups is 1. The van der Waals surface area contributed by atoms with E-state index >= 15 is 0 Å². The molecule has 1 aliphatic heterocycles. The van der Waals surface area contributed by atoms with Crippen molar-refractivity contribution in [2.75, 3.05) is 45.1 Å². The first-order valence-corrected chi connectivity index (χ1v) is 11.7. The summed E-state index contributed by atoms with van der Waals surface area (Å²) in [5, 5.41) is 14.2. The first-order valence-electron chi connectivity index (χ1n) is 10.1. The van der Waals surface area contributed by atoms with E-state index in [1.165, 1.54) is 16.4 Å². The maximum atomic E-state index is 12.5. The molecule has 1 fully saturated rings. The Hall–Kier alpha value is -1.51. The molecule has 0 atom stereocenters. The van der Waals surface area contributed by atoms with Crippen molar-refractivity contribution >= 4 is 45.6 Å². The SMILES string of the molecule is CCNC(=NCc1cccc([N+](=O)[O-])c1)N1CCN(S(=O)(=O)CCOC(C)C)CC1.I. The quantitative estimate of drug-likeness (QED) is 0.159. The van der Waals surface area contributed by atoms with Gasteiger partial charge in [-0.15, -0.1) is 24.0 Å². The molecule has 1 heterocycles. The molecule has 1 aromatic carbocycles. The highest BCUT2D eigenvalue weighted by molar-refractivity contribution is 14.0. The molecular weight excluding hydrogens is 537 g/mol. The molecule has 1 N–H and O–H groups in total. The lowest BCUT2D eigenvalue weighted by Gasteiger charge is -2.35. The lowest BCUT2D eigenvalue weighted by Crippen LogP contribution is -2.54. The molecule has 0 unspecified atom stereocenters. The van der Waals surface area contributed by atoms with Gasteiger partial charge in [-0.05, 0) is 26.3 Å². The van der Waals surface area contributed by atoms with E-state index in [4.69, 9.17) is 4.74 Å². The highest BCUT2D eigenvalue weighted by Gasteiger charge is 2.28. The molecular formula is C19H32IN5O5S. The molecule has 0 aliphatic carbocycles. The van der Waals surface area contributed by atoms with Crippen molar-refractivity contribution < 1.29 is 18.1 Å². The molecule has 0 saturated carbocycles. The zero-order chi connectivity index (χ0) is 22.1. The van der Waals surface area contributed by atoms with E-state index in [2.05, 4.69) is 10.3 Å². The van der Waals surface area contributed by atoms with Gasteiger partial charge in [0.25, 0.3) is 5.69 Å². The Morgan fingerprint density at radius 3 is 2.55 bits per heavy atom. The number of hydrogen-bond acceptors (Lipinski definition) is 6. The Kier molecular flexibility index (Phi) is 11.7. The summed E-state index contributed by atoms with van der Waals surface area (Å²) in [5.41, 5.74) is 0.777. The number of nitrogens with zero attached hydrogens (tertiary/aromatic N) is 4.